The van der Waals surface area contributed by atoms with E-state index in [-0.39, 0.29) is 18.2 Å². The maximum Gasteiger partial charge on any atom is 0.266 e. The van der Waals surface area contributed by atoms with Crippen LogP contribution in [0.2, 0.25) is 0 Å². The highest BCUT2D eigenvalue weighted by atomic mass is 32.2. The SMILES string of the molecule is CC(=O)CN1C(=O)/C(=C/c2cc(C)c(C)c(C)c2C)SC1=S. The van der Waals surface area contributed by atoms with Crippen LogP contribution in [0.25, 0.3) is 6.08 Å². The van der Waals surface area contributed by atoms with E-state index in [0.29, 0.717) is 9.23 Å². The maximum atomic E-state index is 12.4. The quantitative estimate of drug-likeness (QED) is 0.624. The van der Waals surface area contributed by atoms with Gasteiger partial charge in [0, 0.05) is 0 Å². The van der Waals surface area contributed by atoms with Gasteiger partial charge >= 0.3 is 0 Å². The van der Waals surface area contributed by atoms with Gasteiger partial charge < -0.3 is 0 Å². The minimum atomic E-state index is -0.180. The van der Waals surface area contributed by atoms with Crippen molar-refractivity contribution in [1.29, 1.82) is 0 Å². The lowest BCUT2D eigenvalue weighted by Crippen LogP contribution is -2.32. The van der Waals surface area contributed by atoms with Crippen molar-refractivity contribution >= 4 is 46.1 Å². The summed E-state index contributed by atoms with van der Waals surface area (Å²) in [5.41, 5.74) is 5.92. The molecular weight excluding hydrogens is 314 g/mol. The summed E-state index contributed by atoms with van der Waals surface area (Å²) < 4.78 is 0.449. The molecule has 0 radical (unpaired) electrons. The number of benzene rings is 1. The number of thiocarbonyl (C=S) groups is 1. The van der Waals surface area contributed by atoms with Gasteiger partial charge in [-0.25, -0.2) is 0 Å². The molecule has 0 unspecified atom stereocenters. The van der Waals surface area contributed by atoms with Gasteiger partial charge in [-0.05, 0) is 68.5 Å². The Kier molecular flexibility index (Phi) is 4.87. The molecule has 0 spiro atoms. The van der Waals surface area contributed by atoms with Crippen molar-refractivity contribution in [2.24, 2.45) is 0 Å². The van der Waals surface area contributed by atoms with E-state index in [1.54, 1.807) is 0 Å². The Bertz CT molecular complexity index is 720. The highest BCUT2D eigenvalue weighted by Gasteiger charge is 2.32. The molecule has 1 amide bonds. The number of carbonyl (C=O) groups excluding carboxylic acids is 2. The van der Waals surface area contributed by atoms with Crippen molar-refractivity contribution in [2.75, 3.05) is 6.54 Å². The number of hydrogen-bond acceptors (Lipinski definition) is 4. The number of amides is 1. The van der Waals surface area contributed by atoms with Gasteiger partial charge in [-0.1, -0.05) is 30.0 Å². The van der Waals surface area contributed by atoms with Crippen molar-refractivity contribution in [3.8, 4) is 0 Å². The summed E-state index contributed by atoms with van der Waals surface area (Å²) in [5, 5.41) is 0. The third kappa shape index (κ3) is 3.15. The second-order valence-corrected chi connectivity index (χ2v) is 7.30. The highest BCUT2D eigenvalue weighted by Crippen LogP contribution is 2.33. The molecule has 3 nitrogen and oxygen atoms in total. The van der Waals surface area contributed by atoms with Crippen LogP contribution >= 0.6 is 24.0 Å². The molecule has 1 saturated heterocycles. The molecule has 2 rings (SSSR count). The Morgan fingerprint density at radius 2 is 1.86 bits per heavy atom. The van der Waals surface area contributed by atoms with Crippen LogP contribution in [0, 0.1) is 27.7 Å². The Labute approximate surface area is 140 Å². The summed E-state index contributed by atoms with van der Waals surface area (Å²) in [6, 6.07) is 2.09. The lowest BCUT2D eigenvalue weighted by molar-refractivity contribution is -0.126. The average molecular weight is 333 g/mol. The van der Waals surface area contributed by atoms with Crippen LogP contribution in [0.5, 0.6) is 0 Å². The van der Waals surface area contributed by atoms with E-state index in [9.17, 15) is 9.59 Å². The zero-order valence-corrected chi connectivity index (χ0v) is 15.1. The number of Topliss-reactive ketones (excluding diaryl/α,β-unsaturated/α-hetero) is 1. The van der Waals surface area contributed by atoms with E-state index in [0.717, 1.165) is 5.56 Å². The first-order valence-corrected chi connectivity index (χ1v) is 8.27. The zero-order chi connectivity index (χ0) is 16.6. The molecule has 1 fully saturated rings. The molecular formula is C17H19NO2S2. The van der Waals surface area contributed by atoms with Crippen molar-refractivity contribution in [2.45, 2.75) is 34.6 Å². The first-order valence-electron chi connectivity index (χ1n) is 7.04. The van der Waals surface area contributed by atoms with E-state index >= 15 is 0 Å². The van der Waals surface area contributed by atoms with Gasteiger partial charge in [0.05, 0.1) is 11.4 Å². The lowest BCUT2D eigenvalue weighted by atomic mass is 9.94. The fourth-order valence-corrected chi connectivity index (χ4v) is 3.64. The minimum absolute atomic E-state index is 0.0486. The molecule has 0 atom stereocenters. The van der Waals surface area contributed by atoms with E-state index < -0.39 is 0 Å². The van der Waals surface area contributed by atoms with Crippen LogP contribution in [0.1, 0.15) is 34.7 Å². The molecule has 0 N–H and O–H groups in total. The maximum absolute atomic E-state index is 12.4. The Hall–Kier alpha value is -1.46. The first kappa shape index (κ1) is 16.9. The summed E-state index contributed by atoms with van der Waals surface area (Å²) in [6.07, 6.45) is 1.88. The Balaban J connectivity index is 2.41. The Morgan fingerprint density at radius 3 is 2.45 bits per heavy atom. The number of hydrogen-bond donors (Lipinski definition) is 0. The second kappa shape index (κ2) is 6.34. The molecule has 1 aliphatic heterocycles. The molecule has 0 bridgehead atoms. The normalized spacial score (nSPS) is 16.8. The minimum Gasteiger partial charge on any atom is -0.298 e. The molecule has 1 heterocycles. The molecule has 116 valence electrons. The molecule has 1 aromatic rings. The average Bonchev–Trinajstić information content (AvgIpc) is 2.69. The number of rotatable bonds is 3. The van der Waals surface area contributed by atoms with E-state index in [1.165, 1.54) is 45.8 Å². The van der Waals surface area contributed by atoms with Crippen molar-refractivity contribution in [3.05, 3.63) is 38.8 Å². The smallest absolute Gasteiger partial charge is 0.266 e. The van der Waals surface area contributed by atoms with Gasteiger partial charge in [0.2, 0.25) is 0 Å². The number of nitrogens with zero attached hydrogens (tertiary/aromatic N) is 1. The first-order chi connectivity index (χ1) is 10.2. The number of thioether (sulfide) groups is 1. The van der Waals surface area contributed by atoms with E-state index in [1.807, 2.05) is 6.08 Å². The monoisotopic (exact) mass is 333 g/mol. The predicted octanol–water partition coefficient (Wildman–Crippen LogP) is 3.71. The number of carbonyl (C=O) groups is 2. The van der Waals surface area contributed by atoms with E-state index in [4.69, 9.17) is 12.2 Å². The molecule has 0 saturated carbocycles. The summed E-state index contributed by atoms with van der Waals surface area (Å²) in [4.78, 5) is 25.6. The van der Waals surface area contributed by atoms with Crippen LogP contribution in [0.3, 0.4) is 0 Å². The highest BCUT2D eigenvalue weighted by molar-refractivity contribution is 8.26. The zero-order valence-electron chi connectivity index (χ0n) is 13.4. The van der Waals surface area contributed by atoms with Crippen LogP contribution < -0.4 is 0 Å². The van der Waals surface area contributed by atoms with Crippen molar-refractivity contribution in [3.63, 3.8) is 0 Å². The number of aryl methyl sites for hydroxylation is 1. The van der Waals surface area contributed by atoms with Gasteiger partial charge in [0.1, 0.15) is 10.1 Å². The molecule has 1 aliphatic rings. The summed E-state index contributed by atoms with van der Waals surface area (Å²) in [6.45, 7) is 9.83. The van der Waals surface area contributed by atoms with Crippen LogP contribution in [-0.4, -0.2) is 27.5 Å². The standard InChI is InChI=1S/C17H19NO2S2/c1-9-6-14(13(5)12(4)11(9)3)7-15-16(20)18(8-10(2)19)17(21)22-15/h6-7H,8H2,1-5H3/b15-7-. The fourth-order valence-electron chi connectivity index (χ4n) is 2.39. The topological polar surface area (TPSA) is 37.4 Å². The molecule has 22 heavy (non-hydrogen) atoms. The summed E-state index contributed by atoms with van der Waals surface area (Å²) in [7, 11) is 0. The molecule has 1 aromatic carbocycles. The van der Waals surface area contributed by atoms with Gasteiger partial charge in [-0.3, -0.25) is 14.5 Å². The van der Waals surface area contributed by atoms with Crippen LogP contribution in [-0.2, 0) is 9.59 Å². The van der Waals surface area contributed by atoms with Crippen molar-refractivity contribution < 1.29 is 9.59 Å². The van der Waals surface area contributed by atoms with Gasteiger partial charge in [-0.2, -0.15) is 0 Å². The van der Waals surface area contributed by atoms with Gasteiger partial charge in [-0.15, -0.1) is 0 Å². The van der Waals surface area contributed by atoms with Gasteiger partial charge in [0.25, 0.3) is 5.91 Å². The molecule has 5 heteroatoms. The third-order valence-corrected chi connectivity index (χ3v) is 5.44. The van der Waals surface area contributed by atoms with Crippen LogP contribution in [0.4, 0.5) is 0 Å². The summed E-state index contributed by atoms with van der Waals surface area (Å²) in [5.74, 6) is -0.253. The molecule has 0 aliphatic carbocycles. The number of ketones is 1. The third-order valence-electron chi connectivity index (χ3n) is 4.06. The van der Waals surface area contributed by atoms with E-state index in [2.05, 4.69) is 33.8 Å². The van der Waals surface area contributed by atoms with Gasteiger partial charge in [0.15, 0.2) is 0 Å². The fraction of sp³-hybridized carbons (Fsp3) is 0.353. The predicted molar refractivity (Wildman–Crippen MR) is 96.0 cm³/mol. The lowest BCUT2D eigenvalue weighted by Gasteiger charge is -2.13. The Morgan fingerprint density at radius 1 is 1.23 bits per heavy atom. The van der Waals surface area contributed by atoms with Crippen molar-refractivity contribution in [1.82, 2.24) is 4.90 Å². The molecule has 0 aromatic heterocycles. The largest absolute Gasteiger partial charge is 0.298 e. The van der Waals surface area contributed by atoms with Crippen LogP contribution in [0.15, 0.2) is 11.0 Å². The second-order valence-electron chi connectivity index (χ2n) is 5.63. The summed E-state index contributed by atoms with van der Waals surface area (Å²) >= 11 is 6.47.